The predicted molar refractivity (Wildman–Crippen MR) is 79.5 cm³/mol. The summed E-state index contributed by atoms with van der Waals surface area (Å²) in [6.45, 7) is 0. The van der Waals surface area contributed by atoms with Gasteiger partial charge < -0.3 is 5.11 Å². The van der Waals surface area contributed by atoms with Crippen molar-refractivity contribution >= 4 is 51.0 Å². The maximum atomic E-state index is 9.76. The minimum Gasteiger partial charge on any atom is -0.506 e. The number of halogens is 3. The molecule has 0 atom stereocenters. The van der Waals surface area contributed by atoms with Gasteiger partial charge in [-0.25, -0.2) is 0 Å². The van der Waals surface area contributed by atoms with Crippen molar-refractivity contribution in [1.82, 2.24) is 0 Å². The Bertz CT molecular complexity index is 614. The Morgan fingerprint density at radius 2 is 1.94 bits per heavy atom. The Morgan fingerprint density at radius 1 is 1.17 bits per heavy atom. The summed E-state index contributed by atoms with van der Waals surface area (Å²) in [6.07, 6.45) is 1.52. The Morgan fingerprint density at radius 3 is 2.67 bits per heavy atom. The summed E-state index contributed by atoms with van der Waals surface area (Å²) in [4.78, 5) is 4.25. The second-order valence-corrected chi connectivity index (χ2v) is 5.32. The smallest absolute Gasteiger partial charge is 0.143 e. The first-order chi connectivity index (χ1) is 8.56. The van der Waals surface area contributed by atoms with Gasteiger partial charge in [0.1, 0.15) is 5.75 Å². The van der Waals surface area contributed by atoms with E-state index in [0.717, 1.165) is 10.2 Å². The molecule has 2 rings (SSSR count). The Balaban J connectivity index is 2.34. The minimum atomic E-state index is -0.0280. The van der Waals surface area contributed by atoms with E-state index in [-0.39, 0.29) is 10.8 Å². The minimum absolute atomic E-state index is 0.0280. The normalized spacial score (nSPS) is 11.1. The quantitative estimate of drug-likeness (QED) is 0.745. The van der Waals surface area contributed by atoms with Crippen LogP contribution in [0.25, 0.3) is 0 Å². The molecule has 0 aromatic heterocycles. The van der Waals surface area contributed by atoms with Crippen LogP contribution in [0.3, 0.4) is 0 Å². The molecule has 0 aliphatic heterocycles. The zero-order chi connectivity index (χ0) is 13.1. The summed E-state index contributed by atoms with van der Waals surface area (Å²) >= 11 is 15.0. The molecular formula is C13H8BrCl2NO. The van der Waals surface area contributed by atoms with Crippen molar-refractivity contribution in [2.45, 2.75) is 0 Å². The zero-order valence-corrected chi connectivity index (χ0v) is 12.2. The molecule has 92 valence electrons. The molecule has 0 heterocycles. The molecule has 0 radical (unpaired) electrons. The topological polar surface area (TPSA) is 32.6 Å². The van der Waals surface area contributed by atoms with Crippen molar-refractivity contribution < 1.29 is 5.11 Å². The van der Waals surface area contributed by atoms with Crippen molar-refractivity contribution in [2.24, 2.45) is 4.99 Å². The summed E-state index contributed by atoms with van der Waals surface area (Å²) in [7, 11) is 0. The molecule has 0 saturated carbocycles. The van der Waals surface area contributed by atoms with Crippen LogP contribution in [0, 0.1) is 0 Å². The molecule has 1 N–H and O–H groups in total. The number of aliphatic imine (C=N–C) groups is 1. The van der Waals surface area contributed by atoms with E-state index in [9.17, 15) is 5.11 Å². The van der Waals surface area contributed by atoms with E-state index in [1.165, 1.54) is 12.3 Å². The molecular weight excluding hydrogens is 337 g/mol. The van der Waals surface area contributed by atoms with Crippen LogP contribution in [0.4, 0.5) is 5.69 Å². The largest absolute Gasteiger partial charge is 0.506 e. The van der Waals surface area contributed by atoms with E-state index in [0.29, 0.717) is 10.6 Å². The number of phenolic OH excluding ortho intramolecular Hbond substituents is 1. The van der Waals surface area contributed by atoms with Gasteiger partial charge >= 0.3 is 0 Å². The van der Waals surface area contributed by atoms with Crippen LogP contribution in [-0.4, -0.2) is 11.3 Å². The second kappa shape index (κ2) is 5.74. The lowest BCUT2D eigenvalue weighted by Crippen LogP contribution is -1.83. The molecule has 5 heteroatoms. The van der Waals surface area contributed by atoms with E-state index >= 15 is 0 Å². The maximum Gasteiger partial charge on any atom is 0.143 e. The zero-order valence-electron chi connectivity index (χ0n) is 9.07. The molecule has 0 fully saturated rings. The highest BCUT2D eigenvalue weighted by Gasteiger charge is 2.05. The predicted octanol–water partition coefficient (Wildman–Crippen LogP) is 5.21. The molecule has 2 aromatic rings. The number of phenols is 1. The molecule has 0 aliphatic carbocycles. The van der Waals surface area contributed by atoms with Gasteiger partial charge in [0.2, 0.25) is 0 Å². The van der Waals surface area contributed by atoms with Gasteiger partial charge in [-0.3, -0.25) is 4.99 Å². The fourth-order valence-electron chi connectivity index (χ4n) is 1.38. The first kappa shape index (κ1) is 13.4. The molecule has 2 aromatic carbocycles. The number of hydrogen-bond acceptors (Lipinski definition) is 2. The van der Waals surface area contributed by atoms with Gasteiger partial charge in [0.25, 0.3) is 0 Å². The summed E-state index contributed by atoms with van der Waals surface area (Å²) in [5.41, 5.74) is 1.24. The summed E-state index contributed by atoms with van der Waals surface area (Å²) < 4.78 is 0.936. The summed E-state index contributed by atoms with van der Waals surface area (Å²) in [5, 5.41) is 10.4. The Kier molecular flexibility index (Phi) is 4.27. The molecule has 2 nitrogen and oxygen atoms in total. The van der Waals surface area contributed by atoms with Crippen LogP contribution in [0.2, 0.25) is 10.0 Å². The van der Waals surface area contributed by atoms with E-state index in [4.69, 9.17) is 23.2 Å². The number of rotatable bonds is 2. The van der Waals surface area contributed by atoms with E-state index in [1.54, 1.807) is 6.07 Å². The van der Waals surface area contributed by atoms with Crippen LogP contribution in [-0.2, 0) is 0 Å². The third kappa shape index (κ3) is 3.25. The van der Waals surface area contributed by atoms with Gasteiger partial charge in [0.05, 0.1) is 10.7 Å². The van der Waals surface area contributed by atoms with Crippen LogP contribution in [0.15, 0.2) is 45.9 Å². The molecule has 0 spiro atoms. The Labute approximate surface area is 123 Å². The van der Waals surface area contributed by atoms with Gasteiger partial charge in [0, 0.05) is 21.3 Å². The fraction of sp³-hybridized carbons (Fsp3) is 0. The second-order valence-electron chi connectivity index (χ2n) is 3.56. The number of aromatic hydroxyl groups is 1. The maximum absolute atomic E-state index is 9.76. The lowest BCUT2D eigenvalue weighted by molar-refractivity contribution is 0.475. The van der Waals surface area contributed by atoms with Gasteiger partial charge in [-0.05, 0) is 30.3 Å². The van der Waals surface area contributed by atoms with Crippen LogP contribution < -0.4 is 0 Å². The van der Waals surface area contributed by atoms with E-state index < -0.39 is 0 Å². The monoisotopic (exact) mass is 343 g/mol. The lowest BCUT2D eigenvalue weighted by Gasteiger charge is -2.02. The van der Waals surface area contributed by atoms with Gasteiger partial charge in [0.15, 0.2) is 0 Å². The van der Waals surface area contributed by atoms with Crippen molar-refractivity contribution in [3.63, 3.8) is 0 Å². The SMILES string of the molecule is Oc1c(Cl)cc(Cl)cc1C=Nc1cccc(Br)c1. The van der Waals surface area contributed by atoms with E-state index in [1.807, 2.05) is 24.3 Å². The highest BCUT2D eigenvalue weighted by atomic mass is 79.9. The van der Waals surface area contributed by atoms with Crippen molar-refractivity contribution in [3.05, 3.63) is 56.5 Å². The first-order valence-electron chi connectivity index (χ1n) is 5.04. The number of benzene rings is 2. The molecule has 0 amide bonds. The molecule has 0 saturated heterocycles. The summed E-state index contributed by atoms with van der Waals surface area (Å²) in [6, 6.07) is 10.6. The van der Waals surface area contributed by atoms with Crippen molar-refractivity contribution in [3.8, 4) is 5.75 Å². The average molecular weight is 345 g/mol. The Hall–Kier alpha value is -1.03. The lowest BCUT2D eigenvalue weighted by atomic mass is 10.2. The average Bonchev–Trinajstić information content (AvgIpc) is 2.32. The van der Waals surface area contributed by atoms with Crippen molar-refractivity contribution in [1.29, 1.82) is 0 Å². The highest BCUT2D eigenvalue weighted by Crippen LogP contribution is 2.30. The van der Waals surface area contributed by atoms with Crippen LogP contribution in [0.5, 0.6) is 5.75 Å². The summed E-state index contributed by atoms with van der Waals surface area (Å²) in [5.74, 6) is -0.0280. The number of hydrogen-bond donors (Lipinski definition) is 1. The molecule has 0 unspecified atom stereocenters. The third-order valence-electron chi connectivity index (χ3n) is 2.22. The molecule has 18 heavy (non-hydrogen) atoms. The van der Waals surface area contributed by atoms with Gasteiger partial charge in [-0.2, -0.15) is 0 Å². The first-order valence-corrected chi connectivity index (χ1v) is 6.59. The number of nitrogens with zero attached hydrogens (tertiary/aromatic N) is 1. The highest BCUT2D eigenvalue weighted by molar-refractivity contribution is 9.10. The van der Waals surface area contributed by atoms with Crippen molar-refractivity contribution in [2.75, 3.05) is 0 Å². The van der Waals surface area contributed by atoms with Gasteiger partial charge in [-0.1, -0.05) is 45.2 Å². The molecule has 0 aliphatic rings. The van der Waals surface area contributed by atoms with E-state index in [2.05, 4.69) is 20.9 Å². The third-order valence-corrected chi connectivity index (χ3v) is 3.22. The standard InChI is InChI=1S/C13H8BrCl2NO/c14-9-2-1-3-11(5-9)17-7-8-4-10(15)6-12(16)13(8)18/h1-7,18H. The van der Waals surface area contributed by atoms with Crippen LogP contribution >= 0.6 is 39.1 Å². The van der Waals surface area contributed by atoms with Crippen LogP contribution in [0.1, 0.15) is 5.56 Å². The molecule has 0 bridgehead atoms. The van der Waals surface area contributed by atoms with Gasteiger partial charge in [-0.15, -0.1) is 0 Å². The fourth-order valence-corrected chi connectivity index (χ4v) is 2.28.